The number of anilines is 1. The number of hydrogen-bond acceptors (Lipinski definition) is 6. The Morgan fingerprint density at radius 2 is 2.12 bits per heavy atom. The van der Waals surface area contributed by atoms with E-state index in [1.54, 1.807) is 6.92 Å². The maximum atomic E-state index is 12.5. The molecule has 1 atom stereocenters. The lowest BCUT2D eigenvalue weighted by molar-refractivity contribution is -0.157. The van der Waals surface area contributed by atoms with Gasteiger partial charge in [0.25, 0.3) is 0 Å². The summed E-state index contributed by atoms with van der Waals surface area (Å²) in [5.74, 6) is 1.11. The zero-order valence-electron chi connectivity index (χ0n) is 15.3. The van der Waals surface area contributed by atoms with Gasteiger partial charge in [-0.05, 0) is 31.0 Å². The summed E-state index contributed by atoms with van der Waals surface area (Å²) in [7, 11) is 0. The van der Waals surface area contributed by atoms with Crippen LogP contribution in [0.5, 0.6) is 0 Å². The molecular weight excluding hydrogens is 334 g/mol. The first-order chi connectivity index (χ1) is 12.4. The Hall–Kier alpha value is -1.70. The summed E-state index contributed by atoms with van der Waals surface area (Å²) < 4.78 is 11.1. The van der Waals surface area contributed by atoms with Crippen molar-refractivity contribution in [3.8, 4) is 0 Å². The normalized spacial score (nSPS) is 27.6. The predicted octanol–water partition coefficient (Wildman–Crippen LogP) is 0.603. The number of morpholine rings is 1. The molecule has 1 N–H and O–H groups in total. The Kier molecular flexibility index (Phi) is 4.62. The van der Waals surface area contributed by atoms with E-state index in [0.29, 0.717) is 39.0 Å². The van der Waals surface area contributed by atoms with E-state index in [0.717, 1.165) is 37.7 Å². The van der Waals surface area contributed by atoms with Crippen LogP contribution in [0.1, 0.15) is 25.3 Å². The van der Waals surface area contributed by atoms with Crippen LogP contribution < -0.4 is 4.90 Å². The highest BCUT2D eigenvalue weighted by atomic mass is 16.5. The molecule has 26 heavy (non-hydrogen) atoms. The van der Waals surface area contributed by atoms with Gasteiger partial charge in [0.1, 0.15) is 11.4 Å². The summed E-state index contributed by atoms with van der Waals surface area (Å²) >= 11 is 0. The molecule has 0 saturated carbocycles. The van der Waals surface area contributed by atoms with Gasteiger partial charge in [0.15, 0.2) is 0 Å². The molecule has 0 radical (unpaired) electrons. The number of carbonyl (C=O) groups excluding carboxylic acids is 1. The third-order valence-corrected chi connectivity index (χ3v) is 5.48. The van der Waals surface area contributed by atoms with Crippen molar-refractivity contribution in [2.24, 2.45) is 0 Å². The second kappa shape index (κ2) is 6.79. The zero-order valence-corrected chi connectivity index (χ0v) is 15.3. The number of pyridine rings is 1. The first-order valence-electron chi connectivity index (χ1n) is 9.37. The number of ether oxygens (including phenoxy) is 2. The van der Waals surface area contributed by atoms with Crippen molar-refractivity contribution in [3.63, 3.8) is 0 Å². The van der Waals surface area contributed by atoms with E-state index in [-0.39, 0.29) is 11.5 Å². The number of aliphatic hydroxyl groups is 1. The second-order valence-electron chi connectivity index (χ2n) is 8.02. The molecule has 0 bridgehead atoms. The molecule has 142 valence electrons. The maximum Gasteiger partial charge on any atom is 0.223 e. The summed E-state index contributed by atoms with van der Waals surface area (Å²) in [5.41, 5.74) is 0.0478. The number of aromatic nitrogens is 1. The van der Waals surface area contributed by atoms with Gasteiger partial charge in [0.05, 0.1) is 38.5 Å². The van der Waals surface area contributed by atoms with Gasteiger partial charge in [-0.15, -0.1) is 0 Å². The number of hydrogen-bond donors (Lipinski definition) is 1. The molecule has 0 aromatic carbocycles. The van der Waals surface area contributed by atoms with E-state index in [1.165, 1.54) is 0 Å². The molecule has 3 saturated heterocycles. The fraction of sp³-hybridized carbons (Fsp3) is 0.684. The summed E-state index contributed by atoms with van der Waals surface area (Å²) in [6.45, 7) is 6.52. The van der Waals surface area contributed by atoms with Crippen LogP contribution in [0.15, 0.2) is 18.3 Å². The molecule has 4 heterocycles. The number of rotatable bonds is 4. The van der Waals surface area contributed by atoms with Crippen LogP contribution in [0.2, 0.25) is 0 Å². The highest BCUT2D eigenvalue weighted by Crippen LogP contribution is 2.39. The van der Waals surface area contributed by atoms with E-state index in [2.05, 4.69) is 16.0 Å². The summed E-state index contributed by atoms with van der Waals surface area (Å²) in [6, 6.07) is 4.06. The van der Waals surface area contributed by atoms with Crippen LogP contribution in [0.4, 0.5) is 5.82 Å². The Labute approximate surface area is 153 Å². The molecule has 1 spiro atoms. The molecule has 0 aliphatic carbocycles. The molecule has 1 unspecified atom stereocenters. The zero-order chi connectivity index (χ0) is 18.2. The molecule has 3 aliphatic heterocycles. The van der Waals surface area contributed by atoms with Crippen LogP contribution in [0, 0.1) is 0 Å². The van der Waals surface area contributed by atoms with Crippen LogP contribution in [0.25, 0.3) is 0 Å². The van der Waals surface area contributed by atoms with Crippen molar-refractivity contribution in [3.05, 3.63) is 23.9 Å². The molecule has 7 nitrogen and oxygen atoms in total. The third kappa shape index (κ3) is 3.70. The van der Waals surface area contributed by atoms with Crippen LogP contribution >= 0.6 is 0 Å². The topological polar surface area (TPSA) is 75.1 Å². The first kappa shape index (κ1) is 17.7. The van der Waals surface area contributed by atoms with Crippen LogP contribution in [-0.2, 0) is 20.7 Å². The van der Waals surface area contributed by atoms with Gasteiger partial charge < -0.3 is 24.4 Å². The summed E-state index contributed by atoms with van der Waals surface area (Å²) in [6.07, 6.45) is 3.62. The summed E-state index contributed by atoms with van der Waals surface area (Å²) in [4.78, 5) is 21.0. The summed E-state index contributed by atoms with van der Waals surface area (Å²) in [5, 5.41) is 10.1. The van der Waals surface area contributed by atoms with E-state index in [4.69, 9.17) is 9.47 Å². The second-order valence-corrected chi connectivity index (χ2v) is 8.02. The maximum absolute atomic E-state index is 12.5. The molecule has 1 aromatic heterocycles. The van der Waals surface area contributed by atoms with E-state index < -0.39 is 5.60 Å². The van der Waals surface area contributed by atoms with Crippen molar-refractivity contribution < 1.29 is 19.4 Å². The lowest BCUT2D eigenvalue weighted by atomic mass is 9.85. The molecule has 1 aromatic rings. The first-order valence-corrected chi connectivity index (χ1v) is 9.37. The Bertz CT molecular complexity index is 667. The molecule has 3 aliphatic rings. The molecule has 7 heteroatoms. The molecule has 4 rings (SSSR count). The van der Waals surface area contributed by atoms with E-state index in [1.807, 2.05) is 17.2 Å². The van der Waals surface area contributed by atoms with Crippen LogP contribution in [-0.4, -0.2) is 78.1 Å². The van der Waals surface area contributed by atoms with Gasteiger partial charge >= 0.3 is 0 Å². The fourth-order valence-electron chi connectivity index (χ4n) is 4.12. The van der Waals surface area contributed by atoms with Crippen molar-refractivity contribution in [1.82, 2.24) is 9.88 Å². The Balaban J connectivity index is 1.28. The number of nitrogens with zero attached hydrogens (tertiary/aromatic N) is 3. The highest BCUT2D eigenvalue weighted by Gasteiger charge is 2.54. The number of likely N-dealkylation sites (tertiary alicyclic amines) is 1. The quantitative estimate of drug-likeness (QED) is 0.847. The third-order valence-electron chi connectivity index (χ3n) is 5.48. The average Bonchev–Trinajstić information content (AvgIpc) is 2.95. The number of carbonyl (C=O) groups is 1. The van der Waals surface area contributed by atoms with Crippen LogP contribution in [0.3, 0.4) is 0 Å². The van der Waals surface area contributed by atoms with Gasteiger partial charge in [-0.3, -0.25) is 4.79 Å². The van der Waals surface area contributed by atoms with Gasteiger partial charge in [-0.2, -0.15) is 0 Å². The van der Waals surface area contributed by atoms with Gasteiger partial charge in [0.2, 0.25) is 5.91 Å². The standard InChI is InChI=1S/C19H27N3O4/c1-18(24)11-19(26-14-18)12-22(13-19)17(23)3-2-15-4-5-20-16(10-15)21-6-8-25-9-7-21/h4-5,10,24H,2-3,6-9,11-14H2,1H3. The SMILES string of the molecule is CC1(O)COC2(CN(C(=O)CCc3ccnc(N4CCOCC4)c3)C2)C1. The number of amides is 1. The van der Waals surface area contributed by atoms with Crippen molar-refractivity contribution in [1.29, 1.82) is 0 Å². The van der Waals surface area contributed by atoms with Gasteiger partial charge in [-0.1, -0.05) is 0 Å². The number of aryl methyl sites for hydroxylation is 1. The van der Waals surface area contributed by atoms with Crippen molar-refractivity contribution >= 4 is 11.7 Å². The Morgan fingerprint density at radius 1 is 1.35 bits per heavy atom. The minimum atomic E-state index is -0.762. The highest BCUT2D eigenvalue weighted by molar-refractivity contribution is 5.77. The predicted molar refractivity (Wildman–Crippen MR) is 96.1 cm³/mol. The largest absolute Gasteiger partial charge is 0.388 e. The van der Waals surface area contributed by atoms with Crippen molar-refractivity contribution in [2.45, 2.75) is 37.4 Å². The molecule has 1 amide bonds. The van der Waals surface area contributed by atoms with E-state index in [9.17, 15) is 9.90 Å². The lowest BCUT2D eigenvalue weighted by Gasteiger charge is -2.47. The molecule has 3 fully saturated rings. The van der Waals surface area contributed by atoms with Gasteiger partial charge in [-0.25, -0.2) is 4.98 Å². The minimum absolute atomic E-state index is 0.149. The average molecular weight is 361 g/mol. The lowest BCUT2D eigenvalue weighted by Crippen LogP contribution is -2.63. The minimum Gasteiger partial charge on any atom is -0.388 e. The van der Waals surface area contributed by atoms with Crippen molar-refractivity contribution in [2.75, 3.05) is 50.9 Å². The smallest absolute Gasteiger partial charge is 0.223 e. The van der Waals surface area contributed by atoms with Gasteiger partial charge in [0, 0.05) is 32.1 Å². The molecular formula is C19H27N3O4. The van der Waals surface area contributed by atoms with E-state index >= 15 is 0 Å². The fourth-order valence-corrected chi connectivity index (χ4v) is 4.12. The monoisotopic (exact) mass is 361 g/mol. The Morgan fingerprint density at radius 3 is 2.81 bits per heavy atom.